The van der Waals surface area contributed by atoms with Crippen LogP contribution >= 0.6 is 0 Å². The van der Waals surface area contributed by atoms with Gasteiger partial charge in [-0.1, -0.05) is 148 Å². The van der Waals surface area contributed by atoms with Crippen molar-refractivity contribution in [1.29, 1.82) is 0 Å². The molecular formula is C50H49NO. The molecule has 0 unspecified atom stereocenters. The van der Waals surface area contributed by atoms with Gasteiger partial charge in [0, 0.05) is 27.5 Å². The smallest absolute Gasteiger partial charge is 0.137 e. The highest BCUT2D eigenvalue weighted by Gasteiger charge is 2.41. The zero-order valence-electron chi connectivity index (χ0n) is 32.3. The van der Waals surface area contributed by atoms with E-state index in [0.29, 0.717) is 0 Å². The Kier molecular flexibility index (Phi) is 6.77. The highest BCUT2D eigenvalue weighted by atomic mass is 16.3. The van der Waals surface area contributed by atoms with E-state index in [0.717, 1.165) is 33.3 Å². The van der Waals surface area contributed by atoms with E-state index >= 15 is 0 Å². The molecule has 0 aliphatic heterocycles. The molecule has 0 atom stereocenters. The molecule has 0 spiro atoms. The molecule has 0 saturated carbocycles. The number of anilines is 3. The molecule has 6 aromatic carbocycles. The zero-order valence-corrected chi connectivity index (χ0v) is 32.3. The Hall–Kier alpha value is -5.08. The first kappa shape index (κ1) is 32.8. The molecular weight excluding hydrogens is 631 g/mol. The summed E-state index contributed by atoms with van der Waals surface area (Å²) in [5.74, 6) is 0. The zero-order chi connectivity index (χ0) is 36.5. The van der Waals surface area contributed by atoms with Gasteiger partial charge < -0.3 is 9.32 Å². The Bertz CT molecular complexity index is 2600. The maximum atomic E-state index is 6.54. The number of para-hydroxylation sites is 1. The van der Waals surface area contributed by atoms with Crippen LogP contribution in [-0.2, 0) is 21.7 Å². The van der Waals surface area contributed by atoms with Gasteiger partial charge in [-0.3, -0.25) is 0 Å². The van der Waals surface area contributed by atoms with Gasteiger partial charge >= 0.3 is 0 Å². The van der Waals surface area contributed by atoms with Gasteiger partial charge in [-0.25, -0.2) is 0 Å². The van der Waals surface area contributed by atoms with E-state index in [4.69, 9.17) is 4.42 Å². The molecule has 0 fully saturated rings. The molecule has 7 aromatic rings. The number of furan rings is 1. The van der Waals surface area contributed by atoms with Gasteiger partial charge in [0.25, 0.3) is 0 Å². The first-order chi connectivity index (χ1) is 24.6. The van der Waals surface area contributed by atoms with Crippen LogP contribution < -0.4 is 4.90 Å². The largest absolute Gasteiger partial charge is 0.456 e. The van der Waals surface area contributed by atoms with Crippen LogP contribution in [0.1, 0.15) is 103 Å². The van der Waals surface area contributed by atoms with Crippen molar-refractivity contribution in [2.24, 2.45) is 0 Å². The molecule has 52 heavy (non-hydrogen) atoms. The van der Waals surface area contributed by atoms with Gasteiger partial charge in [0.2, 0.25) is 0 Å². The number of nitrogens with zero attached hydrogens (tertiary/aromatic N) is 1. The fraction of sp³-hybridized carbons (Fsp3) is 0.280. The van der Waals surface area contributed by atoms with E-state index in [-0.39, 0.29) is 21.7 Å². The summed E-state index contributed by atoms with van der Waals surface area (Å²) in [6.07, 6.45) is 0. The summed E-state index contributed by atoms with van der Waals surface area (Å²) in [5.41, 5.74) is 18.5. The second-order valence-electron chi connectivity index (χ2n) is 18.3. The third-order valence-electron chi connectivity index (χ3n) is 12.2. The summed E-state index contributed by atoms with van der Waals surface area (Å²) >= 11 is 0. The summed E-state index contributed by atoms with van der Waals surface area (Å²) < 4.78 is 6.54. The van der Waals surface area contributed by atoms with Crippen molar-refractivity contribution < 1.29 is 4.42 Å². The van der Waals surface area contributed by atoms with Crippen molar-refractivity contribution in [3.05, 3.63) is 149 Å². The fourth-order valence-electron chi connectivity index (χ4n) is 9.08. The quantitative estimate of drug-likeness (QED) is 0.185. The second-order valence-corrected chi connectivity index (χ2v) is 18.3. The van der Waals surface area contributed by atoms with E-state index in [1.807, 2.05) is 0 Å². The van der Waals surface area contributed by atoms with E-state index in [2.05, 4.69) is 189 Å². The molecule has 0 bridgehead atoms. The number of hydrogen-bond donors (Lipinski definition) is 0. The predicted octanol–water partition coefficient (Wildman–Crippen LogP) is 14.3. The normalized spacial score (nSPS) is 15.4. The van der Waals surface area contributed by atoms with Crippen LogP contribution in [0.15, 0.2) is 120 Å². The number of rotatable bonds is 3. The molecule has 2 nitrogen and oxygen atoms in total. The second kappa shape index (κ2) is 10.7. The maximum absolute atomic E-state index is 6.54. The van der Waals surface area contributed by atoms with Crippen molar-refractivity contribution in [1.82, 2.24) is 0 Å². The van der Waals surface area contributed by atoms with Gasteiger partial charge in [-0.05, 0) is 97.3 Å². The van der Waals surface area contributed by atoms with E-state index in [9.17, 15) is 0 Å². The Balaban J connectivity index is 1.41. The lowest BCUT2D eigenvalue weighted by Gasteiger charge is -2.33. The summed E-state index contributed by atoms with van der Waals surface area (Å²) in [6.45, 7) is 23.6. The SMILES string of the molecule is CC(C)(C)c1ccc2c(c1)C(C)(C)c1cc(C(C)(C)C)cc(N(c3ccc4c(c3)C(C)(C)c3ccccc3-4)c3cccc4oc5ccccc5c34)c1-2. The Morgan fingerprint density at radius 1 is 0.481 bits per heavy atom. The van der Waals surface area contributed by atoms with Crippen molar-refractivity contribution in [2.75, 3.05) is 4.90 Å². The van der Waals surface area contributed by atoms with Crippen LogP contribution in [0.4, 0.5) is 17.1 Å². The maximum Gasteiger partial charge on any atom is 0.137 e. The summed E-state index contributed by atoms with van der Waals surface area (Å²) in [6, 6.07) is 43.4. The monoisotopic (exact) mass is 679 g/mol. The Labute approximate surface area is 309 Å². The summed E-state index contributed by atoms with van der Waals surface area (Å²) in [4.78, 5) is 2.56. The molecule has 2 aliphatic rings. The highest BCUT2D eigenvalue weighted by Crippen LogP contribution is 2.58. The molecule has 2 heteroatoms. The highest BCUT2D eigenvalue weighted by molar-refractivity contribution is 6.14. The molecule has 1 heterocycles. The topological polar surface area (TPSA) is 16.4 Å². The van der Waals surface area contributed by atoms with E-state index in [1.165, 1.54) is 61.3 Å². The predicted molar refractivity (Wildman–Crippen MR) is 221 cm³/mol. The van der Waals surface area contributed by atoms with E-state index in [1.54, 1.807) is 0 Å². The van der Waals surface area contributed by atoms with Gasteiger partial charge in [-0.2, -0.15) is 0 Å². The molecule has 0 amide bonds. The van der Waals surface area contributed by atoms with Crippen molar-refractivity contribution >= 4 is 39.0 Å². The van der Waals surface area contributed by atoms with Crippen molar-refractivity contribution in [3.63, 3.8) is 0 Å². The van der Waals surface area contributed by atoms with Crippen LogP contribution in [0.2, 0.25) is 0 Å². The molecule has 2 aliphatic carbocycles. The lowest BCUT2D eigenvalue weighted by atomic mass is 9.77. The van der Waals surface area contributed by atoms with Gasteiger partial charge in [0.15, 0.2) is 0 Å². The third kappa shape index (κ3) is 4.62. The van der Waals surface area contributed by atoms with Crippen LogP contribution in [0, 0.1) is 0 Å². The number of hydrogen-bond acceptors (Lipinski definition) is 2. The van der Waals surface area contributed by atoms with Gasteiger partial charge in [0.1, 0.15) is 11.2 Å². The minimum absolute atomic E-state index is 0.0537. The van der Waals surface area contributed by atoms with Crippen LogP contribution in [0.3, 0.4) is 0 Å². The lowest BCUT2D eigenvalue weighted by Crippen LogP contribution is -2.21. The standard InChI is InChI=1S/C50H49NO/c1-47(2,3)30-22-24-35-38(26-30)50(9,10)40-27-31(48(4,5)6)28-42(45(35)40)51(41-19-15-21-44-46(41)36-17-12-14-20-43(36)52-44)32-23-25-34-33-16-11-13-18-37(33)49(7,8)39(34)29-32/h11-29H,1-10H3. The third-order valence-corrected chi connectivity index (χ3v) is 12.2. The molecule has 1 aromatic heterocycles. The fourth-order valence-corrected chi connectivity index (χ4v) is 9.08. The first-order valence-corrected chi connectivity index (χ1v) is 18.9. The van der Waals surface area contributed by atoms with Crippen LogP contribution in [0.25, 0.3) is 44.2 Å². The average molecular weight is 680 g/mol. The summed E-state index contributed by atoms with van der Waals surface area (Å²) in [7, 11) is 0. The Morgan fingerprint density at radius 3 is 1.87 bits per heavy atom. The van der Waals surface area contributed by atoms with Crippen molar-refractivity contribution in [3.8, 4) is 22.3 Å². The minimum Gasteiger partial charge on any atom is -0.456 e. The lowest BCUT2D eigenvalue weighted by molar-refractivity contribution is 0.580. The number of fused-ring (bicyclic) bond motifs is 9. The number of benzene rings is 6. The molecule has 260 valence electrons. The molecule has 9 rings (SSSR count). The van der Waals surface area contributed by atoms with Crippen molar-refractivity contribution in [2.45, 2.75) is 90.9 Å². The average Bonchev–Trinajstić information content (AvgIpc) is 3.68. The van der Waals surface area contributed by atoms with Gasteiger partial charge in [-0.15, -0.1) is 0 Å². The minimum atomic E-state index is -0.177. The molecule has 0 radical (unpaired) electrons. The van der Waals surface area contributed by atoms with Gasteiger partial charge in [0.05, 0.1) is 16.8 Å². The Morgan fingerprint density at radius 2 is 1.10 bits per heavy atom. The van der Waals surface area contributed by atoms with E-state index < -0.39 is 0 Å². The van der Waals surface area contributed by atoms with Crippen LogP contribution in [0.5, 0.6) is 0 Å². The summed E-state index contributed by atoms with van der Waals surface area (Å²) in [5, 5.41) is 2.27. The van der Waals surface area contributed by atoms with Crippen LogP contribution in [-0.4, -0.2) is 0 Å². The first-order valence-electron chi connectivity index (χ1n) is 18.9. The molecule has 0 N–H and O–H groups in total. The molecule has 0 saturated heterocycles.